The van der Waals surface area contributed by atoms with Crippen LogP contribution >= 0.6 is 0 Å². The first-order valence-corrected chi connectivity index (χ1v) is 14.1. The molecule has 5 heterocycles. The lowest BCUT2D eigenvalue weighted by molar-refractivity contribution is -0.141. The Bertz CT molecular complexity index is 1640. The minimum atomic E-state index is -4.64. The summed E-state index contributed by atoms with van der Waals surface area (Å²) in [6.45, 7) is 8.16. The smallest absolute Gasteiger partial charge is 0.371 e. The zero-order valence-corrected chi connectivity index (χ0v) is 23.4. The molecule has 2 aliphatic rings. The summed E-state index contributed by atoms with van der Waals surface area (Å²) in [5, 5.41) is 3.32. The number of hydrogen-bond acceptors (Lipinski definition) is 7. The maximum atomic E-state index is 13.4. The highest BCUT2D eigenvalue weighted by Gasteiger charge is 2.37. The molecule has 12 heteroatoms. The van der Waals surface area contributed by atoms with Gasteiger partial charge in [-0.1, -0.05) is 12.1 Å². The van der Waals surface area contributed by atoms with Crippen LogP contribution in [-0.2, 0) is 12.7 Å². The molecular formula is C30H33F3N8O. The van der Waals surface area contributed by atoms with Crippen molar-refractivity contribution in [3.05, 3.63) is 77.4 Å². The summed E-state index contributed by atoms with van der Waals surface area (Å²) >= 11 is 0. The zero-order valence-electron chi connectivity index (χ0n) is 23.4. The van der Waals surface area contributed by atoms with Crippen LogP contribution in [0.2, 0.25) is 0 Å². The second-order valence-corrected chi connectivity index (χ2v) is 11.3. The van der Waals surface area contributed by atoms with Gasteiger partial charge in [0, 0.05) is 30.7 Å². The highest BCUT2D eigenvalue weighted by Crippen LogP contribution is 2.42. The van der Waals surface area contributed by atoms with Crippen LogP contribution in [-0.4, -0.2) is 62.4 Å². The molecular weight excluding hydrogens is 545 g/mol. The third-order valence-corrected chi connectivity index (χ3v) is 8.58. The molecule has 0 unspecified atom stereocenters. The van der Waals surface area contributed by atoms with Gasteiger partial charge in [0.2, 0.25) is 5.95 Å². The number of fused-ring (bicyclic) bond motifs is 1. The second kappa shape index (κ2) is 10.9. The summed E-state index contributed by atoms with van der Waals surface area (Å²) in [6.07, 6.45) is 3.19. The zero-order chi connectivity index (χ0) is 29.5. The van der Waals surface area contributed by atoms with E-state index in [2.05, 4.69) is 55.8 Å². The van der Waals surface area contributed by atoms with Gasteiger partial charge in [-0.05, 0) is 87.6 Å². The van der Waals surface area contributed by atoms with Gasteiger partial charge in [0.1, 0.15) is 11.1 Å². The van der Waals surface area contributed by atoms with E-state index in [1.165, 1.54) is 72.5 Å². The van der Waals surface area contributed by atoms with Gasteiger partial charge < -0.3 is 15.1 Å². The average molecular weight is 579 g/mol. The van der Waals surface area contributed by atoms with Crippen LogP contribution in [0.3, 0.4) is 0 Å². The van der Waals surface area contributed by atoms with E-state index in [0.717, 1.165) is 30.5 Å². The van der Waals surface area contributed by atoms with Crippen LogP contribution < -0.4 is 15.8 Å². The van der Waals surface area contributed by atoms with Crippen LogP contribution in [0.15, 0.2) is 66.1 Å². The number of benzene rings is 1. The molecule has 4 aromatic rings. The fourth-order valence-electron chi connectivity index (χ4n) is 6.02. The van der Waals surface area contributed by atoms with Crippen molar-refractivity contribution < 1.29 is 13.2 Å². The monoisotopic (exact) mass is 578 g/mol. The number of hydrogen-bond donors (Lipinski definition) is 1. The number of allylic oxidation sites excluding steroid dienone is 1. The van der Waals surface area contributed by atoms with Crippen molar-refractivity contribution in [3.8, 4) is 5.82 Å². The van der Waals surface area contributed by atoms with Crippen molar-refractivity contribution in [1.29, 1.82) is 0 Å². The van der Waals surface area contributed by atoms with Gasteiger partial charge in [0.25, 0.3) is 5.56 Å². The number of pyridine rings is 1. The number of anilines is 3. The maximum Gasteiger partial charge on any atom is 0.433 e. The number of alkyl halides is 3. The Balaban J connectivity index is 1.24. The quantitative estimate of drug-likeness (QED) is 0.314. The van der Waals surface area contributed by atoms with Crippen LogP contribution in [0.1, 0.15) is 31.4 Å². The molecule has 1 spiro atoms. The predicted octanol–water partition coefficient (Wildman–Crippen LogP) is 5.24. The van der Waals surface area contributed by atoms with Crippen LogP contribution in [0.4, 0.5) is 30.5 Å². The van der Waals surface area contributed by atoms with Crippen LogP contribution in [0.25, 0.3) is 16.9 Å². The fourth-order valence-corrected chi connectivity index (χ4v) is 6.02. The van der Waals surface area contributed by atoms with Crippen LogP contribution in [0.5, 0.6) is 0 Å². The number of nitrogens with one attached hydrogen (secondary N) is 1. The molecule has 0 atom stereocenters. The van der Waals surface area contributed by atoms with E-state index in [4.69, 9.17) is 0 Å². The Kier molecular flexibility index (Phi) is 7.25. The molecule has 1 N–H and O–H groups in total. The molecule has 0 bridgehead atoms. The number of piperidine rings is 2. The maximum absolute atomic E-state index is 13.4. The standard InChI is InChI=1S/C30H33F3N8O/c1-3-15-40-27(42)23-20-34-28(37-26(23)41(40)25-6-4-5-24(36-25)30(31,32)33)35-21-7-9-22(10-8-21)39-18-13-29(14-19-39)11-16-38(2)17-12-29/h3-10,20H,1,11-19H2,2H3,(H,34,35,37). The van der Waals surface area contributed by atoms with Crippen molar-refractivity contribution in [1.82, 2.24) is 29.2 Å². The minimum absolute atomic E-state index is 0.0476. The van der Waals surface area contributed by atoms with Gasteiger partial charge in [-0.25, -0.2) is 19.3 Å². The highest BCUT2D eigenvalue weighted by atomic mass is 19.4. The lowest BCUT2D eigenvalue weighted by Crippen LogP contribution is -2.46. The summed E-state index contributed by atoms with van der Waals surface area (Å²) in [5.41, 5.74) is 1.00. The molecule has 1 aromatic carbocycles. The Hall–Kier alpha value is -4.19. The largest absolute Gasteiger partial charge is 0.433 e. The summed E-state index contributed by atoms with van der Waals surface area (Å²) in [7, 11) is 2.20. The number of halogens is 3. The van der Waals surface area contributed by atoms with Gasteiger partial charge in [0.15, 0.2) is 11.5 Å². The van der Waals surface area contributed by atoms with E-state index >= 15 is 0 Å². The van der Waals surface area contributed by atoms with Gasteiger partial charge in [-0.15, -0.1) is 6.58 Å². The van der Waals surface area contributed by atoms with Gasteiger partial charge in [-0.3, -0.25) is 4.79 Å². The highest BCUT2D eigenvalue weighted by molar-refractivity contribution is 5.77. The van der Waals surface area contributed by atoms with Crippen molar-refractivity contribution in [2.75, 3.05) is 43.4 Å². The first-order chi connectivity index (χ1) is 20.2. The Labute approximate surface area is 241 Å². The first-order valence-electron chi connectivity index (χ1n) is 14.1. The summed E-state index contributed by atoms with van der Waals surface area (Å²) < 4.78 is 42.7. The van der Waals surface area contributed by atoms with Crippen molar-refractivity contribution >= 4 is 28.4 Å². The average Bonchev–Trinajstić information content (AvgIpc) is 3.26. The number of nitrogens with zero attached hydrogens (tertiary/aromatic N) is 7. The van der Waals surface area contributed by atoms with Crippen molar-refractivity contribution in [2.45, 2.75) is 38.4 Å². The van der Waals surface area contributed by atoms with Crippen molar-refractivity contribution in [3.63, 3.8) is 0 Å². The molecule has 9 nitrogen and oxygen atoms in total. The SMILES string of the molecule is C=CCn1c(=O)c2cnc(Nc3ccc(N4CCC5(CCN(C)CC5)CC4)cc3)nc2n1-c1cccc(C(F)(F)F)n1. The minimum Gasteiger partial charge on any atom is -0.371 e. The molecule has 0 radical (unpaired) electrons. The first kappa shape index (κ1) is 28.0. The number of aromatic nitrogens is 5. The van der Waals surface area contributed by atoms with Gasteiger partial charge in [-0.2, -0.15) is 18.2 Å². The van der Waals surface area contributed by atoms with Crippen molar-refractivity contribution in [2.24, 2.45) is 5.41 Å². The van der Waals surface area contributed by atoms with E-state index < -0.39 is 17.4 Å². The van der Waals surface area contributed by atoms with E-state index in [9.17, 15) is 18.0 Å². The number of likely N-dealkylation sites (tertiary alicyclic amines) is 1. The van der Waals surface area contributed by atoms with E-state index in [1.807, 2.05) is 12.1 Å². The molecule has 2 aliphatic heterocycles. The predicted molar refractivity (Wildman–Crippen MR) is 156 cm³/mol. The Morgan fingerprint density at radius 3 is 2.36 bits per heavy atom. The lowest BCUT2D eigenvalue weighted by atomic mass is 9.71. The molecule has 3 aromatic heterocycles. The van der Waals surface area contributed by atoms with E-state index in [1.54, 1.807) is 0 Å². The Morgan fingerprint density at radius 2 is 1.69 bits per heavy atom. The fraction of sp³-hybridized carbons (Fsp3) is 0.400. The van der Waals surface area contributed by atoms with Gasteiger partial charge >= 0.3 is 6.18 Å². The number of rotatable bonds is 6. The topological polar surface area (TPSA) is 84.1 Å². The second-order valence-electron chi connectivity index (χ2n) is 11.3. The normalized spacial score (nSPS) is 17.6. The van der Waals surface area contributed by atoms with Crippen LogP contribution in [0, 0.1) is 5.41 Å². The molecule has 2 saturated heterocycles. The van der Waals surface area contributed by atoms with E-state index in [-0.39, 0.29) is 29.3 Å². The summed E-state index contributed by atoms with van der Waals surface area (Å²) in [6, 6.07) is 11.6. The molecule has 0 saturated carbocycles. The molecule has 0 aliphatic carbocycles. The summed E-state index contributed by atoms with van der Waals surface area (Å²) in [4.78, 5) is 30.6. The molecule has 42 heavy (non-hydrogen) atoms. The lowest BCUT2D eigenvalue weighted by Gasteiger charge is -2.46. The molecule has 2 fully saturated rings. The summed E-state index contributed by atoms with van der Waals surface area (Å²) in [5.74, 6) is 0.116. The molecule has 220 valence electrons. The Morgan fingerprint density at radius 1 is 1.00 bits per heavy atom. The third kappa shape index (κ3) is 5.38. The van der Waals surface area contributed by atoms with Gasteiger partial charge in [0.05, 0.1) is 6.54 Å². The molecule has 0 amide bonds. The third-order valence-electron chi connectivity index (χ3n) is 8.58. The van der Waals surface area contributed by atoms with E-state index in [0.29, 0.717) is 5.41 Å². The molecule has 6 rings (SSSR count).